The summed E-state index contributed by atoms with van der Waals surface area (Å²) in [6.45, 7) is 2.25. The molecule has 0 aliphatic carbocycles. The summed E-state index contributed by atoms with van der Waals surface area (Å²) in [5.41, 5.74) is 0.634. The molecule has 0 spiro atoms. The molecule has 1 unspecified atom stereocenters. The molecular formula is C18H27ClN4O3S. The third-order valence-corrected chi connectivity index (χ3v) is 6.32. The molecule has 1 aromatic carbocycles. The average molecular weight is 415 g/mol. The van der Waals surface area contributed by atoms with Crippen LogP contribution in [-0.2, 0) is 14.8 Å². The Morgan fingerprint density at radius 3 is 2.85 bits per heavy atom. The first-order chi connectivity index (χ1) is 12.4. The van der Waals surface area contributed by atoms with Gasteiger partial charge in [-0.15, -0.1) is 16.8 Å². The summed E-state index contributed by atoms with van der Waals surface area (Å²) in [5.74, 6) is 0.639. The molecular weight excluding hydrogens is 388 g/mol. The number of nitrogens with one attached hydrogen (secondary N) is 1. The minimum absolute atomic E-state index is 0. The van der Waals surface area contributed by atoms with Crippen LogP contribution in [0.5, 0.6) is 0 Å². The Bertz CT molecular complexity index is 813. The standard InChI is InChI=1S/C18H26N4O3S.ClH/c1-19-13-14-7-5-12-22(14)17(23)10-6-11-21(2)18-15-8-3-4-9-16(15)26(24,25)20-18;/h3-4,8-9,14,19H,5-7,10-13H2,1-2H3;1H. The number of carbonyl (C=O) groups is 1. The van der Waals surface area contributed by atoms with Gasteiger partial charge in [0.1, 0.15) is 10.7 Å². The lowest BCUT2D eigenvalue weighted by Crippen LogP contribution is -2.41. The highest BCUT2D eigenvalue weighted by Crippen LogP contribution is 2.27. The number of halogens is 1. The van der Waals surface area contributed by atoms with Crippen LogP contribution < -0.4 is 5.32 Å². The van der Waals surface area contributed by atoms with Gasteiger partial charge >= 0.3 is 0 Å². The van der Waals surface area contributed by atoms with Gasteiger partial charge in [-0.1, -0.05) is 12.1 Å². The first-order valence-corrected chi connectivity index (χ1v) is 10.5. The van der Waals surface area contributed by atoms with Crippen LogP contribution in [0, 0.1) is 0 Å². The van der Waals surface area contributed by atoms with E-state index in [1.54, 1.807) is 18.2 Å². The van der Waals surface area contributed by atoms with Gasteiger partial charge in [0, 0.05) is 44.7 Å². The summed E-state index contributed by atoms with van der Waals surface area (Å²) in [4.78, 5) is 16.5. The van der Waals surface area contributed by atoms with Crippen molar-refractivity contribution in [2.45, 2.75) is 36.6 Å². The van der Waals surface area contributed by atoms with Crippen LogP contribution in [0.15, 0.2) is 33.6 Å². The molecule has 2 aliphatic heterocycles. The molecule has 1 aromatic rings. The molecule has 0 radical (unpaired) electrons. The van der Waals surface area contributed by atoms with Gasteiger partial charge < -0.3 is 15.1 Å². The van der Waals surface area contributed by atoms with Crippen molar-refractivity contribution in [2.75, 3.05) is 33.7 Å². The van der Waals surface area contributed by atoms with Gasteiger partial charge in [-0.25, -0.2) is 0 Å². The highest BCUT2D eigenvalue weighted by Gasteiger charge is 2.31. The van der Waals surface area contributed by atoms with Crippen molar-refractivity contribution in [1.82, 2.24) is 15.1 Å². The monoisotopic (exact) mass is 414 g/mol. The van der Waals surface area contributed by atoms with Gasteiger partial charge in [0.15, 0.2) is 0 Å². The van der Waals surface area contributed by atoms with Crippen LogP contribution in [0.25, 0.3) is 0 Å². The second kappa shape index (κ2) is 9.03. The fourth-order valence-corrected chi connectivity index (χ4v) is 4.94. The highest BCUT2D eigenvalue weighted by atomic mass is 35.5. The lowest BCUT2D eigenvalue weighted by molar-refractivity contribution is -0.132. The molecule has 7 nitrogen and oxygen atoms in total. The number of hydrogen-bond donors (Lipinski definition) is 1. The summed E-state index contributed by atoms with van der Waals surface area (Å²) in [6, 6.07) is 7.15. The fraction of sp³-hybridized carbons (Fsp3) is 0.556. The second-order valence-corrected chi connectivity index (χ2v) is 8.42. The van der Waals surface area contributed by atoms with Crippen LogP contribution in [0.1, 0.15) is 31.2 Å². The van der Waals surface area contributed by atoms with E-state index in [0.717, 1.165) is 25.9 Å². The minimum atomic E-state index is -3.60. The molecule has 2 aliphatic rings. The molecule has 1 fully saturated rings. The Labute approximate surface area is 167 Å². The second-order valence-electron chi connectivity index (χ2n) is 6.85. The quantitative estimate of drug-likeness (QED) is 0.762. The van der Waals surface area contributed by atoms with Crippen molar-refractivity contribution in [3.63, 3.8) is 0 Å². The van der Waals surface area contributed by atoms with E-state index in [4.69, 9.17) is 0 Å². The molecule has 150 valence electrons. The molecule has 0 bridgehead atoms. The zero-order chi connectivity index (χ0) is 18.7. The van der Waals surface area contributed by atoms with Crippen molar-refractivity contribution in [3.05, 3.63) is 29.8 Å². The molecule has 3 rings (SSSR count). The number of nitrogens with zero attached hydrogens (tertiary/aromatic N) is 3. The Kier molecular flexibility index (Phi) is 7.25. The Hall–Kier alpha value is -1.64. The van der Waals surface area contributed by atoms with Crippen LogP contribution in [-0.4, -0.2) is 69.7 Å². The van der Waals surface area contributed by atoms with Gasteiger partial charge in [0.2, 0.25) is 5.91 Å². The van der Waals surface area contributed by atoms with E-state index < -0.39 is 10.0 Å². The maximum atomic E-state index is 12.5. The molecule has 1 atom stereocenters. The van der Waals surface area contributed by atoms with Crippen molar-refractivity contribution in [1.29, 1.82) is 0 Å². The molecule has 9 heteroatoms. The third-order valence-electron chi connectivity index (χ3n) is 5.00. The number of fused-ring (bicyclic) bond motifs is 1. The predicted octanol–water partition coefficient (Wildman–Crippen LogP) is 1.48. The molecule has 0 saturated carbocycles. The summed E-state index contributed by atoms with van der Waals surface area (Å²) in [7, 11) is 0.123. The maximum absolute atomic E-state index is 12.5. The molecule has 0 aromatic heterocycles. The van der Waals surface area contributed by atoms with E-state index in [1.807, 2.05) is 30.0 Å². The number of rotatable bonds is 6. The minimum Gasteiger partial charge on any atom is -0.358 e. The molecule has 1 saturated heterocycles. The highest BCUT2D eigenvalue weighted by molar-refractivity contribution is 7.90. The first-order valence-electron chi connectivity index (χ1n) is 9.03. The predicted molar refractivity (Wildman–Crippen MR) is 108 cm³/mol. The van der Waals surface area contributed by atoms with Crippen LogP contribution >= 0.6 is 12.4 Å². The van der Waals surface area contributed by atoms with E-state index in [0.29, 0.717) is 36.8 Å². The average Bonchev–Trinajstić information content (AvgIpc) is 3.18. The number of benzene rings is 1. The van der Waals surface area contributed by atoms with Gasteiger partial charge in [-0.3, -0.25) is 4.79 Å². The van der Waals surface area contributed by atoms with Gasteiger partial charge in [-0.05, 0) is 38.4 Å². The molecule has 2 heterocycles. The van der Waals surface area contributed by atoms with Crippen LogP contribution in [0.2, 0.25) is 0 Å². The first kappa shape index (κ1) is 21.7. The van der Waals surface area contributed by atoms with E-state index in [1.165, 1.54) is 0 Å². The summed E-state index contributed by atoms with van der Waals surface area (Å²) in [5, 5.41) is 3.15. The lowest BCUT2D eigenvalue weighted by Gasteiger charge is -2.25. The zero-order valence-electron chi connectivity index (χ0n) is 15.7. The van der Waals surface area contributed by atoms with E-state index in [9.17, 15) is 13.2 Å². The topological polar surface area (TPSA) is 82.1 Å². The number of amidine groups is 1. The van der Waals surface area contributed by atoms with E-state index in [-0.39, 0.29) is 23.2 Å². The summed E-state index contributed by atoms with van der Waals surface area (Å²) >= 11 is 0. The summed E-state index contributed by atoms with van der Waals surface area (Å²) < 4.78 is 28.2. The van der Waals surface area contributed by atoms with Crippen LogP contribution in [0.3, 0.4) is 0 Å². The normalized spacial score (nSPS) is 20.0. The maximum Gasteiger partial charge on any atom is 0.285 e. The largest absolute Gasteiger partial charge is 0.358 e. The summed E-state index contributed by atoms with van der Waals surface area (Å²) in [6.07, 6.45) is 3.24. The lowest BCUT2D eigenvalue weighted by atomic mass is 10.1. The third kappa shape index (κ3) is 4.62. The van der Waals surface area contributed by atoms with Gasteiger partial charge in [0.25, 0.3) is 10.0 Å². The number of carbonyl (C=O) groups excluding carboxylic acids is 1. The van der Waals surface area contributed by atoms with Crippen molar-refractivity contribution in [3.8, 4) is 0 Å². The van der Waals surface area contributed by atoms with E-state index in [2.05, 4.69) is 9.71 Å². The van der Waals surface area contributed by atoms with Crippen molar-refractivity contribution < 1.29 is 13.2 Å². The van der Waals surface area contributed by atoms with Crippen molar-refractivity contribution >= 4 is 34.2 Å². The number of likely N-dealkylation sites (tertiary alicyclic amines) is 1. The number of sulfonamides is 1. The Morgan fingerprint density at radius 1 is 1.37 bits per heavy atom. The molecule has 27 heavy (non-hydrogen) atoms. The SMILES string of the molecule is CNCC1CCCN1C(=O)CCCN(C)C1=NS(=O)(=O)c2ccccc21.Cl. The zero-order valence-corrected chi connectivity index (χ0v) is 17.4. The number of hydrogen-bond acceptors (Lipinski definition) is 5. The molecule has 1 amide bonds. The fourth-order valence-electron chi connectivity index (χ4n) is 3.69. The Morgan fingerprint density at radius 2 is 2.11 bits per heavy atom. The van der Waals surface area contributed by atoms with Crippen LogP contribution in [0.4, 0.5) is 0 Å². The smallest absolute Gasteiger partial charge is 0.285 e. The Balaban J connectivity index is 0.00000261. The van der Waals surface area contributed by atoms with E-state index >= 15 is 0 Å². The number of likely N-dealkylation sites (N-methyl/N-ethyl adjacent to an activating group) is 1. The van der Waals surface area contributed by atoms with Gasteiger partial charge in [0.05, 0.1) is 0 Å². The van der Waals surface area contributed by atoms with Crippen molar-refractivity contribution in [2.24, 2.45) is 4.40 Å². The van der Waals surface area contributed by atoms with Gasteiger partial charge in [-0.2, -0.15) is 8.42 Å². The number of amides is 1. The molecule has 1 N–H and O–H groups in total.